The Morgan fingerprint density at radius 3 is 2.73 bits per heavy atom. The minimum Gasteiger partial charge on any atom is -0.328 e. The summed E-state index contributed by atoms with van der Waals surface area (Å²) in [4.78, 5) is 3.83. The van der Waals surface area contributed by atoms with Crippen molar-refractivity contribution in [1.29, 1.82) is 0 Å². The Morgan fingerprint density at radius 1 is 1.73 bits per heavy atom. The molecule has 1 rings (SSSR count). The maximum atomic E-state index is 12.4. The summed E-state index contributed by atoms with van der Waals surface area (Å²) in [5.41, 5.74) is 0. The molecule has 0 aliphatic rings. The first-order chi connectivity index (χ1) is 4.99. The first-order valence-electron chi connectivity index (χ1n) is 3.03. The topological polar surface area (TPSA) is 17.8 Å². The Morgan fingerprint density at radius 2 is 2.36 bits per heavy atom. The second kappa shape index (κ2) is 3.04. The molecule has 11 heavy (non-hydrogen) atoms. The lowest BCUT2D eigenvalue weighted by Crippen LogP contribution is -2.15. The third-order valence-corrected chi connectivity index (χ3v) is 1.61. The van der Waals surface area contributed by atoms with Gasteiger partial charge in [-0.15, -0.1) is 0 Å². The average Bonchev–Trinajstić information content (AvgIpc) is 2.12. The number of imidazole rings is 1. The van der Waals surface area contributed by atoms with Gasteiger partial charge in [-0.25, -0.2) is 4.98 Å². The number of hydrogen-bond acceptors (Lipinski definition) is 1. The molecule has 0 aliphatic carbocycles. The van der Waals surface area contributed by atoms with E-state index in [1.54, 1.807) is 13.1 Å². The average molecular weight is 272 g/mol. The number of rotatable bonds is 2. The maximum Gasteiger partial charge on any atom is 0.313 e. The molecular weight excluding hydrogens is 265 g/mol. The number of aromatic nitrogens is 2. The molecule has 5 heteroatoms. The fourth-order valence-electron chi connectivity index (χ4n) is 0.764. The van der Waals surface area contributed by atoms with Crippen LogP contribution in [0.2, 0.25) is 0 Å². The summed E-state index contributed by atoms with van der Waals surface area (Å²) < 4.78 is 23.5. The Kier molecular flexibility index (Phi) is 2.46. The Labute approximate surface area is 76.8 Å². The summed E-state index contributed by atoms with van der Waals surface area (Å²) in [6.45, 7) is 1.39. The van der Waals surface area contributed by atoms with Gasteiger partial charge in [0.15, 0.2) is 0 Å². The van der Waals surface area contributed by atoms with Crippen molar-refractivity contribution < 1.29 is 8.78 Å². The molecule has 0 N–H and O–H groups in total. The second-order valence-electron chi connectivity index (χ2n) is 2.22. The van der Waals surface area contributed by atoms with Gasteiger partial charge in [0.05, 0.1) is 6.54 Å². The fourth-order valence-corrected chi connectivity index (χ4v) is 1.13. The van der Waals surface area contributed by atoms with Crippen molar-refractivity contribution >= 4 is 22.6 Å². The summed E-state index contributed by atoms with van der Waals surface area (Å²) in [5, 5.41) is 0. The zero-order valence-corrected chi connectivity index (χ0v) is 8.05. The minimum atomic E-state index is -2.69. The lowest BCUT2D eigenvalue weighted by molar-refractivity contribution is 0.105. The van der Waals surface area contributed by atoms with Crippen LogP contribution in [-0.4, -0.2) is 13.5 Å². The normalized spacial score (nSPS) is 12.0. The van der Waals surface area contributed by atoms with Crippen LogP contribution in [-0.2, 0) is 6.54 Å². The number of nitrogens with zero attached hydrogens (tertiary/aromatic N) is 2. The number of halogens is 3. The van der Waals surface area contributed by atoms with E-state index in [1.807, 2.05) is 0 Å². The van der Waals surface area contributed by atoms with Crippen molar-refractivity contribution in [2.24, 2.45) is 0 Å². The van der Waals surface area contributed by atoms with Gasteiger partial charge >= 0.3 is 3.93 Å². The van der Waals surface area contributed by atoms with E-state index in [0.29, 0.717) is 5.82 Å². The molecule has 0 bridgehead atoms. The fraction of sp³-hybridized carbons (Fsp3) is 0.500. The SMILES string of the molecule is Cc1nccn1CC(F)(F)I. The van der Waals surface area contributed by atoms with Crippen LogP contribution in [0.4, 0.5) is 8.78 Å². The molecule has 1 aromatic heterocycles. The smallest absolute Gasteiger partial charge is 0.313 e. The molecule has 0 atom stereocenters. The van der Waals surface area contributed by atoms with Gasteiger partial charge in [0.1, 0.15) is 5.82 Å². The molecule has 0 fully saturated rings. The number of alkyl halides is 3. The quantitative estimate of drug-likeness (QED) is 0.596. The summed E-state index contributed by atoms with van der Waals surface area (Å²) in [6.07, 6.45) is 3.06. The Hall–Kier alpha value is -0.200. The predicted octanol–water partition coefficient (Wildman–Crippen LogP) is 2.22. The highest BCUT2D eigenvalue weighted by Gasteiger charge is 2.24. The molecule has 0 radical (unpaired) electrons. The summed E-state index contributed by atoms with van der Waals surface area (Å²) >= 11 is 1.11. The van der Waals surface area contributed by atoms with Crippen molar-refractivity contribution in [3.05, 3.63) is 18.2 Å². The highest BCUT2D eigenvalue weighted by atomic mass is 127. The zero-order chi connectivity index (χ0) is 8.48. The van der Waals surface area contributed by atoms with E-state index in [1.165, 1.54) is 10.8 Å². The van der Waals surface area contributed by atoms with Crippen LogP contribution in [0.5, 0.6) is 0 Å². The monoisotopic (exact) mass is 272 g/mol. The molecule has 0 unspecified atom stereocenters. The third kappa shape index (κ3) is 2.72. The van der Waals surface area contributed by atoms with Gasteiger partial charge in [-0.2, -0.15) is 8.78 Å². The Balaban J connectivity index is 2.72. The minimum absolute atomic E-state index is 0.306. The first kappa shape index (κ1) is 8.89. The molecule has 0 spiro atoms. The lowest BCUT2D eigenvalue weighted by Gasteiger charge is -2.09. The van der Waals surface area contributed by atoms with E-state index in [4.69, 9.17) is 0 Å². The second-order valence-corrected chi connectivity index (χ2v) is 3.80. The van der Waals surface area contributed by atoms with E-state index >= 15 is 0 Å². The van der Waals surface area contributed by atoms with Crippen LogP contribution in [0.1, 0.15) is 5.82 Å². The molecule has 62 valence electrons. The van der Waals surface area contributed by atoms with Crippen LogP contribution in [0.25, 0.3) is 0 Å². The maximum absolute atomic E-state index is 12.4. The number of hydrogen-bond donors (Lipinski definition) is 0. The van der Waals surface area contributed by atoms with E-state index in [0.717, 1.165) is 22.6 Å². The number of aryl methyl sites for hydroxylation is 1. The lowest BCUT2D eigenvalue weighted by atomic mass is 10.6. The zero-order valence-electron chi connectivity index (χ0n) is 5.89. The molecule has 1 aromatic rings. The van der Waals surface area contributed by atoms with Crippen molar-refractivity contribution in [2.75, 3.05) is 0 Å². The largest absolute Gasteiger partial charge is 0.328 e. The molecule has 0 saturated heterocycles. The van der Waals surface area contributed by atoms with E-state index in [2.05, 4.69) is 4.98 Å². The van der Waals surface area contributed by atoms with Gasteiger partial charge in [0.25, 0.3) is 0 Å². The highest BCUT2D eigenvalue weighted by molar-refractivity contribution is 14.1. The highest BCUT2D eigenvalue weighted by Crippen LogP contribution is 2.24. The van der Waals surface area contributed by atoms with Crippen molar-refractivity contribution in [3.63, 3.8) is 0 Å². The molecule has 1 heterocycles. The van der Waals surface area contributed by atoms with Crippen molar-refractivity contribution in [2.45, 2.75) is 17.4 Å². The molecule has 2 nitrogen and oxygen atoms in total. The van der Waals surface area contributed by atoms with Crippen LogP contribution in [0.3, 0.4) is 0 Å². The molecular formula is C6H7F2IN2. The van der Waals surface area contributed by atoms with Crippen molar-refractivity contribution in [1.82, 2.24) is 9.55 Å². The van der Waals surface area contributed by atoms with E-state index in [9.17, 15) is 8.78 Å². The summed E-state index contributed by atoms with van der Waals surface area (Å²) in [7, 11) is 0. The van der Waals surface area contributed by atoms with Crippen molar-refractivity contribution in [3.8, 4) is 0 Å². The summed E-state index contributed by atoms with van der Waals surface area (Å²) in [5.74, 6) is 0.612. The standard InChI is InChI=1S/C6H7F2IN2/c1-5-10-2-3-11(5)4-6(7,8)9/h2-3H,4H2,1H3. The molecule has 0 amide bonds. The van der Waals surface area contributed by atoms with Gasteiger partial charge in [-0.1, -0.05) is 0 Å². The molecule has 0 aliphatic heterocycles. The first-order valence-corrected chi connectivity index (χ1v) is 4.11. The van der Waals surface area contributed by atoms with Crippen LogP contribution < -0.4 is 0 Å². The Bertz CT molecular complexity index is 241. The van der Waals surface area contributed by atoms with Gasteiger partial charge < -0.3 is 4.57 Å². The van der Waals surface area contributed by atoms with E-state index < -0.39 is 3.93 Å². The van der Waals surface area contributed by atoms with E-state index in [-0.39, 0.29) is 6.54 Å². The third-order valence-electron chi connectivity index (χ3n) is 1.27. The van der Waals surface area contributed by atoms with Gasteiger partial charge in [0, 0.05) is 35.0 Å². The predicted molar refractivity (Wildman–Crippen MR) is 45.9 cm³/mol. The van der Waals surface area contributed by atoms with Gasteiger partial charge in [-0.05, 0) is 6.92 Å². The van der Waals surface area contributed by atoms with Crippen LogP contribution in [0.15, 0.2) is 12.4 Å². The molecule has 0 saturated carbocycles. The van der Waals surface area contributed by atoms with Crippen LogP contribution >= 0.6 is 22.6 Å². The van der Waals surface area contributed by atoms with Gasteiger partial charge in [-0.3, -0.25) is 0 Å². The summed E-state index contributed by atoms with van der Waals surface area (Å²) in [6, 6.07) is 0. The van der Waals surface area contributed by atoms with Crippen LogP contribution in [0, 0.1) is 6.92 Å². The van der Waals surface area contributed by atoms with Gasteiger partial charge in [0.2, 0.25) is 0 Å². The molecule has 0 aromatic carbocycles.